The summed E-state index contributed by atoms with van der Waals surface area (Å²) in [6, 6.07) is 3.35. The number of nitrogens with one attached hydrogen (secondary N) is 1. The molecule has 0 aliphatic heterocycles. The van der Waals surface area contributed by atoms with Crippen LogP contribution in [0.3, 0.4) is 0 Å². The largest absolute Gasteiger partial charge is 0.385 e. The molecular formula is C12H14N2O3S. The van der Waals surface area contributed by atoms with E-state index in [0.717, 1.165) is 0 Å². The molecule has 1 atom stereocenters. The Balaban J connectivity index is 2.53. The van der Waals surface area contributed by atoms with E-state index in [9.17, 15) is 9.59 Å². The number of amides is 1. The predicted molar refractivity (Wildman–Crippen MR) is 67.3 cm³/mol. The van der Waals surface area contributed by atoms with Gasteiger partial charge in [0, 0.05) is 31.2 Å². The summed E-state index contributed by atoms with van der Waals surface area (Å²) < 4.78 is 4.83. The minimum absolute atomic E-state index is 0.391. The fraction of sp³-hybridized carbons (Fsp3) is 0.417. The second kappa shape index (κ2) is 7.58. The molecule has 0 aromatic carbocycles. The fourth-order valence-electron chi connectivity index (χ4n) is 1.34. The van der Waals surface area contributed by atoms with Crippen molar-refractivity contribution in [2.24, 2.45) is 5.92 Å². The third kappa shape index (κ3) is 3.95. The molecule has 0 fully saturated rings. The topological polar surface area (TPSA) is 79.2 Å². The molecule has 0 aliphatic carbocycles. The first-order valence-corrected chi connectivity index (χ1v) is 6.37. The van der Waals surface area contributed by atoms with Crippen LogP contribution in [0.25, 0.3) is 0 Å². The lowest BCUT2D eigenvalue weighted by atomic mass is 10.0. The van der Waals surface area contributed by atoms with E-state index in [-0.39, 0.29) is 0 Å². The van der Waals surface area contributed by atoms with E-state index < -0.39 is 17.6 Å². The van der Waals surface area contributed by atoms with Crippen LogP contribution < -0.4 is 5.32 Å². The number of Topliss-reactive ketones (excluding diaryl/α,β-unsaturated/α-hetero) is 1. The number of methoxy groups -OCH3 is 1. The molecule has 0 spiro atoms. The number of carbonyl (C=O) groups is 2. The van der Waals surface area contributed by atoms with Crippen LogP contribution in [0.2, 0.25) is 0 Å². The Morgan fingerprint density at radius 2 is 2.39 bits per heavy atom. The van der Waals surface area contributed by atoms with Crippen molar-refractivity contribution in [3.63, 3.8) is 0 Å². The lowest BCUT2D eigenvalue weighted by molar-refractivity contribution is -0.122. The Kier molecular flexibility index (Phi) is 6.05. The molecule has 96 valence electrons. The highest BCUT2D eigenvalue weighted by atomic mass is 32.1. The number of nitriles is 1. The number of ether oxygens (including phenoxy) is 1. The fourth-order valence-corrected chi connectivity index (χ4v) is 1.98. The Morgan fingerprint density at radius 1 is 1.61 bits per heavy atom. The Labute approximate surface area is 109 Å². The molecule has 18 heavy (non-hydrogen) atoms. The van der Waals surface area contributed by atoms with E-state index in [1.165, 1.54) is 11.3 Å². The first-order valence-electron chi connectivity index (χ1n) is 5.43. The number of rotatable bonds is 7. The third-order valence-corrected chi connectivity index (χ3v) is 2.97. The summed E-state index contributed by atoms with van der Waals surface area (Å²) in [7, 11) is 1.57. The van der Waals surface area contributed by atoms with Crippen LogP contribution in [0.5, 0.6) is 0 Å². The predicted octanol–water partition coefficient (Wildman–Crippen LogP) is 1.22. The number of hydrogen-bond donors (Lipinski definition) is 1. The molecule has 1 heterocycles. The van der Waals surface area contributed by atoms with Gasteiger partial charge in [-0.1, -0.05) is 0 Å². The van der Waals surface area contributed by atoms with Crippen molar-refractivity contribution in [3.8, 4) is 6.07 Å². The van der Waals surface area contributed by atoms with Gasteiger partial charge in [-0.2, -0.15) is 16.6 Å². The molecule has 5 nitrogen and oxygen atoms in total. The van der Waals surface area contributed by atoms with Gasteiger partial charge in [-0.25, -0.2) is 0 Å². The molecule has 1 rings (SSSR count). The molecule has 0 unspecified atom stereocenters. The average Bonchev–Trinajstić information content (AvgIpc) is 2.89. The molecule has 0 saturated carbocycles. The summed E-state index contributed by atoms with van der Waals surface area (Å²) in [5.41, 5.74) is 0.401. The van der Waals surface area contributed by atoms with Crippen molar-refractivity contribution in [3.05, 3.63) is 22.4 Å². The maximum absolute atomic E-state index is 11.9. The number of carbonyl (C=O) groups excluding carboxylic acids is 2. The quantitative estimate of drug-likeness (QED) is 0.457. The summed E-state index contributed by atoms with van der Waals surface area (Å²) in [4.78, 5) is 23.5. The molecule has 0 aliphatic rings. The van der Waals surface area contributed by atoms with Gasteiger partial charge in [0.05, 0.1) is 6.07 Å². The van der Waals surface area contributed by atoms with Gasteiger partial charge < -0.3 is 10.1 Å². The van der Waals surface area contributed by atoms with Crippen molar-refractivity contribution in [2.75, 3.05) is 20.3 Å². The molecule has 1 N–H and O–H groups in total. The lowest BCUT2D eigenvalue weighted by Gasteiger charge is -2.08. The molecule has 1 amide bonds. The van der Waals surface area contributed by atoms with E-state index in [4.69, 9.17) is 10.00 Å². The van der Waals surface area contributed by atoms with Gasteiger partial charge in [-0.05, 0) is 17.9 Å². The van der Waals surface area contributed by atoms with Gasteiger partial charge in [0.15, 0.2) is 11.7 Å². The van der Waals surface area contributed by atoms with Crippen molar-refractivity contribution in [1.29, 1.82) is 5.26 Å². The Bertz CT molecular complexity index is 437. The number of thiophene rings is 1. The molecule has 6 heteroatoms. The summed E-state index contributed by atoms with van der Waals surface area (Å²) in [6.07, 6.45) is 0.646. The van der Waals surface area contributed by atoms with Gasteiger partial charge in [-0.15, -0.1) is 0 Å². The zero-order valence-corrected chi connectivity index (χ0v) is 10.8. The smallest absolute Gasteiger partial charge is 0.245 e. The highest BCUT2D eigenvalue weighted by Crippen LogP contribution is 2.12. The van der Waals surface area contributed by atoms with Crippen LogP contribution in [-0.2, 0) is 9.53 Å². The zero-order chi connectivity index (χ0) is 13.4. The van der Waals surface area contributed by atoms with Gasteiger partial charge >= 0.3 is 0 Å². The van der Waals surface area contributed by atoms with Gasteiger partial charge in [0.1, 0.15) is 0 Å². The summed E-state index contributed by atoms with van der Waals surface area (Å²) in [5.74, 6) is -2.28. The van der Waals surface area contributed by atoms with Crippen molar-refractivity contribution in [1.82, 2.24) is 5.32 Å². The Hall–Kier alpha value is -1.71. The minimum Gasteiger partial charge on any atom is -0.385 e. The second-order valence-corrected chi connectivity index (χ2v) is 4.36. The van der Waals surface area contributed by atoms with E-state index in [1.54, 1.807) is 30.0 Å². The van der Waals surface area contributed by atoms with Crippen LogP contribution in [0.15, 0.2) is 16.8 Å². The first-order chi connectivity index (χ1) is 8.70. The molecule has 1 aromatic heterocycles. The number of ketones is 1. The van der Waals surface area contributed by atoms with Crippen LogP contribution in [0, 0.1) is 17.2 Å². The standard InChI is InChI=1S/C12H14N2O3S/c1-17-5-2-4-14-12(16)10(7-13)11(15)9-3-6-18-8-9/h3,6,8,10H,2,4-5H2,1H3,(H,14,16)/t10-/m0/s1. The maximum atomic E-state index is 11.9. The van der Waals surface area contributed by atoms with Crippen LogP contribution >= 0.6 is 11.3 Å². The van der Waals surface area contributed by atoms with E-state index >= 15 is 0 Å². The van der Waals surface area contributed by atoms with E-state index in [1.807, 2.05) is 0 Å². The first kappa shape index (κ1) is 14.4. The van der Waals surface area contributed by atoms with Crippen molar-refractivity contribution in [2.45, 2.75) is 6.42 Å². The lowest BCUT2D eigenvalue weighted by Crippen LogP contribution is -2.35. The number of hydrogen-bond acceptors (Lipinski definition) is 5. The van der Waals surface area contributed by atoms with Gasteiger partial charge in [0.2, 0.25) is 5.91 Å². The maximum Gasteiger partial charge on any atom is 0.245 e. The summed E-state index contributed by atoms with van der Waals surface area (Å²) >= 11 is 1.35. The highest BCUT2D eigenvalue weighted by molar-refractivity contribution is 7.08. The van der Waals surface area contributed by atoms with Gasteiger partial charge in [0.25, 0.3) is 0 Å². The summed E-state index contributed by atoms with van der Waals surface area (Å²) in [5, 5.41) is 14.8. The van der Waals surface area contributed by atoms with Crippen molar-refractivity contribution >= 4 is 23.0 Å². The third-order valence-electron chi connectivity index (χ3n) is 2.28. The molecule has 0 saturated heterocycles. The zero-order valence-electron chi connectivity index (χ0n) is 10.0. The van der Waals surface area contributed by atoms with Crippen LogP contribution in [-0.4, -0.2) is 32.0 Å². The molecular weight excluding hydrogens is 252 g/mol. The molecule has 0 radical (unpaired) electrons. The Morgan fingerprint density at radius 3 is 2.94 bits per heavy atom. The SMILES string of the molecule is COCCCNC(=O)[C@@H](C#N)C(=O)c1ccsc1. The summed E-state index contributed by atoms with van der Waals surface area (Å²) in [6.45, 7) is 0.914. The highest BCUT2D eigenvalue weighted by Gasteiger charge is 2.27. The van der Waals surface area contributed by atoms with Crippen LogP contribution in [0.4, 0.5) is 0 Å². The van der Waals surface area contributed by atoms with E-state index in [0.29, 0.717) is 25.1 Å². The van der Waals surface area contributed by atoms with Crippen molar-refractivity contribution < 1.29 is 14.3 Å². The number of nitrogens with zero attached hydrogens (tertiary/aromatic N) is 1. The molecule has 1 aromatic rings. The molecule has 0 bridgehead atoms. The normalized spacial score (nSPS) is 11.6. The average molecular weight is 266 g/mol. The minimum atomic E-state index is -1.28. The van der Waals surface area contributed by atoms with Gasteiger partial charge in [-0.3, -0.25) is 9.59 Å². The van der Waals surface area contributed by atoms with Crippen LogP contribution in [0.1, 0.15) is 16.8 Å². The second-order valence-electron chi connectivity index (χ2n) is 3.58. The monoisotopic (exact) mass is 266 g/mol. The van der Waals surface area contributed by atoms with E-state index in [2.05, 4.69) is 5.32 Å².